The Morgan fingerprint density at radius 1 is 1.06 bits per heavy atom. The van der Waals surface area contributed by atoms with Crippen LogP contribution >= 0.6 is 0 Å². The average Bonchev–Trinajstić information content (AvgIpc) is 3.04. The Hall–Kier alpha value is -3.61. The van der Waals surface area contributed by atoms with Gasteiger partial charge in [-0.1, -0.05) is 12.1 Å². The molecule has 2 amide bonds. The van der Waals surface area contributed by atoms with Gasteiger partial charge in [0.15, 0.2) is 11.5 Å². The van der Waals surface area contributed by atoms with Crippen LogP contribution in [0.2, 0.25) is 0 Å². The van der Waals surface area contributed by atoms with Gasteiger partial charge in [-0.05, 0) is 50.5 Å². The third-order valence-corrected chi connectivity index (χ3v) is 5.86. The summed E-state index contributed by atoms with van der Waals surface area (Å²) in [5.74, 6) is 0.877. The Bertz CT molecular complexity index is 1160. The number of hydrogen-bond acceptors (Lipinski definition) is 6. The van der Waals surface area contributed by atoms with E-state index in [1.165, 1.54) is 4.90 Å². The molecule has 2 heterocycles. The topological polar surface area (TPSA) is 80.8 Å². The smallest absolute Gasteiger partial charge is 0.261 e. The molecule has 0 aliphatic carbocycles. The lowest BCUT2D eigenvalue weighted by Crippen LogP contribution is -2.31. The molecule has 0 fully saturated rings. The van der Waals surface area contributed by atoms with E-state index >= 15 is 0 Å². The molecular weight excluding hydrogens is 406 g/mol. The quantitative estimate of drug-likeness (QED) is 0.529. The number of anilines is 1. The summed E-state index contributed by atoms with van der Waals surface area (Å²) in [6, 6.07) is 10.9. The number of nitrogens with zero attached hydrogens (tertiary/aromatic N) is 2. The molecule has 0 spiro atoms. The minimum atomic E-state index is -0.211. The first-order valence-corrected chi connectivity index (χ1v) is 10.7. The highest BCUT2D eigenvalue weighted by Crippen LogP contribution is 2.41. The number of aromatic nitrogens is 1. The predicted molar refractivity (Wildman–Crippen MR) is 124 cm³/mol. The number of ether oxygens (including phenoxy) is 2. The lowest BCUT2D eigenvalue weighted by atomic mass is 10.1. The van der Waals surface area contributed by atoms with Crippen LogP contribution in [-0.4, -0.2) is 48.5 Å². The number of carbonyl (C=O) groups is 2. The van der Waals surface area contributed by atoms with Crippen molar-refractivity contribution in [3.05, 3.63) is 59.3 Å². The fraction of sp³-hybridized carbons (Fsp3) is 0.320. The van der Waals surface area contributed by atoms with Crippen LogP contribution in [0.3, 0.4) is 0 Å². The second-order valence-electron chi connectivity index (χ2n) is 8.01. The molecule has 1 aromatic heterocycles. The highest BCUT2D eigenvalue weighted by molar-refractivity contribution is 6.21. The first-order valence-electron chi connectivity index (χ1n) is 10.7. The number of hydrogen-bond donors (Lipinski definition) is 1. The molecule has 1 N–H and O–H groups in total. The van der Waals surface area contributed by atoms with Crippen molar-refractivity contribution in [1.29, 1.82) is 0 Å². The third-order valence-electron chi connectivity index (χ3n) is 5.86. The van der Waals surface area contributed by atoms with Crippen molar-refractivity contribution >= 4 is 28.4 Å². The Labute approximate surface area is 187 Å². The Balaban J connectivity index is 1.46. The van der Waals surface area contributed by atoms with Crippen molar-refractivity contribution in [3.8, 4) is 11.5 Å². The van der Waals surface area contributed by atoms with Gasteiger partial charge in [0, 0.05) is 24.8 Å². The van der Waals surface area contributed by atoms with Crippen LogP contribution < -0.4 is 14.8 Å². The van der Waals surface area contributed by atoms with Crippen molar-refractivity contribution in [2.24, 2.45) is 0 Å². The molecule has 1 unspecified atom stereocenters. The van der Waals surface area contributed by atoms with Crippen LogP contribution in [0.25, 0.3) is 10.9 Å². The number of amides is 2. The molecule has 0 radical (unpaired) electrons. The van der Waals surface area contributed by atoms with Gasteiger partial charge < -0.3 is 14.8 Å². The van der Waals surface area contributed by atoms with Crippen LogP contribution in [0.1, 0.15) is 46.0 Å². The number of fused-ring (bicyclic) bond motifs is 2. The van der Waals surface area contributed by atoms with Crippen LogP contribution in [0, 0.1) is 6.92 Å². The molecule has 166 valence electrons. The van der Waals surface area contributed by atoms with E-state index in [9.17, 15) is 9.59 Å². The van der Waals surface area contributed by atoms with Crippen LogP contribution in [0.5, 0.6) is 11.5 Å². The van der Waals surface area contributed by atoms with E-state index in [1.807, 2.05) is 19.1 Å². The average molecular weight is 434 g/mol. The van der Waals surface area contributed by atoms with Crippen molar-refractivity contribution in [2.75, 3.05) is 26.1 Å². The summed E-state index contributed by atoms with van der Waals surface area (Å²) >= 11 is 0. The molecule has 0 saturated carbocycles. The zero-order chi connectivity index (χ0) is 22.8. The van der Waals surface area contributed by atoms with Gasteiger partial charge in [-0.3, -0.25) is 19.5 Å². The van der Waals surface area contributed by atoms with Crippen molar-refractivity contribution in [3.63, 3.8) is 0 Å². The summed E-state index contributed by atoms with van der Waals surface area (Å²) in [6.07, 6.45) is 3.24. The second kappa shape index (κ2) is 8.86. The number of imide groups is 1. The standard InChI is InChI=1S/C25H27N3O4/c1-15-11-12-26-22-19(14-20(31-3)23(32-4)21(15)22)27-16(2)8-7-13-28-24(29)17-9-5-6-10-18(17)25(28)30/h5-6,9-12,14,16,27H,7-8,13H2,1-4H3. The summed E-state index contributed by atoms with van der Waals surface area (Å²) in [4.78, 5) is 31.0. The molecule has 7 heteroatoms. The highest BCUT2D eigenvalue weighted by atomic mass is 16.5. The lowest BCUT2D eigenvalue weighted by molar-refractivity contribution is 0.0651. The van der Waals surface area contributed by atoms with E-state index in [0.717, 1.165) is 28.6 Å². The molecule has 0 saturated heterocycles. The molecule has 0 bridgehead atoms. The summed E-state index contributed by atoms with van der Waals surface area (Å²) in [5, 5.41) is 4.43. The Morgan fingerprint density at radius 3 is 2.38 bits per heavy atom. The maximum atomic E-state index is 12.5. The summed E-state index contributed by atoms with van der Waals surface area (Å²) in [5.41, 5.74) is 3.69. The maximum Gasteiger partial charge on any atom is 0.261 e. The van der Waals surface area contributed by atoms with Gasteiger partial charge in [-0.15, -0.1) is 0 Å². The molecule has 1 aliphatic rings. The predicted octanol–water partition coefficient (Wildman–Crippen LogP) is 4.44. The van der Waals surface area contributed by atoms with Crippen LogP contribution in [0.15, 0.2) is 42.6 Å². The molecule has 3 aromatic rings. The summed E-state index contributed by atoms with van der Waals surface area (Å²) in [7, 11) is 3.24. The van der Waals surface area contributed by atoms with Gasteiger partial charge in [0.25, 0.3) is 11.8 Å². The van der Waals surface area contributed by atoms with Gasteiger partial charge in [-0.2, -0.15) is 0 Å². The molecule has 4 rings (SSSR count). The molecule has 1 atom stereocenters. The normalized spacial score (nSPS) is 13.9. The number of nitrogens with one attached hydrogen (secondary N) is 1. The number of methoxy groups -OCH3 is 2. The fourth-order valence-electron chi connectivity index (χ4n) is 4.24. The monoisotopic (exact) mass is 433 g/mol. The highest BCUT2D eigenvalue weighted by Gasteiger charge is 2.34. The number of aryl methyl sites for hydroxylation is 1. The van der Waals surface area contributed by atoms with Crippen molar-refractivity contribution in [2.45, 2.75) is 32.7 Å². The molecular formula is C25H27N3O4. The van der Waals surface area contributed by atoms with Gasteiger partial charge in [0.1, 0.15) is 0 Å². The van der Waals surface area contributed by atoms with E-state index in [0.29, 0.717) is 35.6 Å². The van der Waals surface area contributed by atoms with Crippen molar-refractivity contribution in [1.82, 2.24) is 9.88 Å². The number of benzene rings is 2. The van der Waals surface area contributed by atoms with Gasteiger partial charge in [0.05, 0.1) is 41.9 Å². The van der Waals surface area contributed by atoms with Crippen molar-refractivity contribution < 1.29 is 19.1 Å². The van der Waals surface area contributed by atoms with E-state index in [4.69, 9.17) is 9.47 Å². The first-order chi connectivity index (χ1) is 15.5. The van der Waals surface area contributed by atoms with E-state index in [1.54, 1.807) is 44.7 Å². The molecule has 1 aliphatic heterocycles. The summed E-state index contributed by atoms with van der Waals surface area (Å²) in [6.45, 7) is 4.48. The fourth-order valence-corrected chi connectivity index (χ4v) is 4.24. The Morgan fingerprint density at radius 2 is 1.75 bits per heavy atom. The van der Waals surface area contributed by atoms with E-state index in [2.05, 4.69) is 17.2 Å². The van der Waals surface area contributed by atoms with Gasteiger partial charge in [-0.25, -0.2) is 0 Å². The number of carbonyl (C=O) groups excluding carboxylic acids is 2. The zero-order valence-electron chi connectivity index (χ0n) is 18.8. The van der Waals surface area contributed by atoms with Gasteiger partial charge in [0.2, 0.25) is 0 Å². The number of pyridine rings is 1. The largest absolute Gasteiger partial charge is 0.493 e. The SMILES string of the molecule is COc1cc(NC(C)CCCN2C(=O)c3ccccc3C2=O)c2nccc(C)c2c1OC. The number of rotatable bonds is 8. The third kappa shape index (κ3) is 3.75. The lowest BCUT2D eigenvalue weighted by Gasteiger charge is -2.21. The molecule has 2 aromatic carbocycles. The minimum Gasteiger partial charge on any atom is -0.493 e. The van der Waals surface area contributed by atoms with Crippen LogP contribution in [0.4, 0.5) is 5.69 Å². The van der Waals surface area contributed by atoms with Crippen LogP contribution in [-0.2, 0) is 0 Å². The molecule has 32 heavy (non-hydrogen) atoms. The minimum absolute atomic E-state index is 0.0915. The second-order valence-corrected chi connectivity index (χ2v) is 8.01. The summed E-state index contributed by atoms with van der Waals surface area (Å²) < 4.78 is 11.1. The zero-order valence-corrected chi connectivity index (χ0v) is 18.8. The van der Waals surface area contributed by atoms with Gasteiger partial charge >= 0.3 is 0 Å². The van der Waals surface area contributed by atoms with E-state index in [-0.39, 0.29) is 17.9 Å². The maximum absolute atomic E-state index is 12.5. The first kappa shape index (κ1) is 21.6. The Kier molecular flexibility index (Phi) is 5.99. The molecule has 7 nitrogen and oxygen atoms in total. The van der Waals surface area contributed by atoms with E-state index < -0.39 is 0 Å².